The van der Waals surface area contributed by atoms with Gasteiger partial charge in [-0.3, -0.25) is 4.79 Å². The number of nitrogens with one attached hydrogen (secondary N) is 1. The summed E-state index contributed by atoms with van der Waals surface area (Å²) in [5.41, 5.74) is 0.319. The number of rotatable bonds is 5. The van der Waals surface area contributed by atoms with Gasteiger partial charge in [-0.25, -0.2) is 4.98 Å². The summed E-state index contributed by atoms with van der Waals surface area (Å²) in [6, 6.07) is 3.06. The van der Waals surface area contributed by atoms with Gasteiger partial charge in [0.1, 0.15) is 5.69 Å². The Morgan fingerprint density at radius 3 is 2.82 bits per heavy atom. The number of nitrogens with zero attached hydrogens (tertiary/aromatic N) is 1. The molecule has 0 aliphatic carbocycles. The minimum atomic E-state index is -0.262. The van der Waals surface area contributed by atoms with Gasteiger partial charge in [-0.05, 0) is 25.3 Å². The fourth-order valence-corrected chi connectivity index (χ4v) is 2.06. The Kier molecular flexibility index (Phi) is 5.74. The van der Waals surface area contributed by atoms with Crippen molar-refractivity contribution in [1.82, 2.24) is 10.3 Å². The van der Waals surface area contributed by atoms with E-state index in [9.17, 15) is 4.79 Å². The van der Waals surface area contributed by atoms with Crippen molar-refractivity contribution in [2.24, 2.45) is 0 Å². The van der Waals surface area contributed by atoms with Crippen molar-refractivity contribution < 1.29 is 9.90 Å². The SMILES string of the molecule is CSC(CO)C(C)NC(=O)c1ccc(Cl)cn1. The molecule has 4 nitrogen and oxygen atoms in total. The van der Waals surface area contributed by atoms with E-state index in [0.717, 1.165) is 0 Å². The molecule has 0 aromatic carbocycles. The second-order valence-electron chi connectivity index (χ2n) is 3.58. The van der Waals surface area contributed by atoms with E-state index in [1.807, 2.05) is 13.2 Å². The smallest absolute Gasteiger partial charge is 0.270 e. The number of hydrogen-bond donors (Lipinski definition) is 2. The van der Waals surface area contributed by atoms with Gasteiger partial charge in [0, 0.05) is 17.5 Å². The van der Waals surface area contributed by atoms with Crippen molar-refractivity contribution in [1.29, 1.82) is 0 Å². The molecular weight excluding hydrogens is 260 g/mol. The number of carbonyl (C=O) groups excluding carboxylic acids is 1. The zero-order valence-electron chi connectivity index (χ0n) is 9.68. The molecule has 0 radical (unpaired) electrons. The molecular formula is C11H15ClN2O2S. The first-order valence-corrected chi connectivity index (χ1v) is 6.81. The Bertz CT molecular complexity index is 368. The quantitative estimate of drug-likeness (QED) is 0.856. The summed E-state index contributed by atoms with van der Waals surface area (Å²) in [4.78, 5) is 15.7. The molecule has 2 N–H and O–H groups in total. The zero-order valence-corrected chi connectivity index (χ0v) is 11.3. The molecule has 1 heterocycles. The minimum Gasteiger partial charge on any atom is -0.395 e. The number of hydrogen-bond acceptors (Lipinski definition) is 4. The van der Waals surface area contributed by atoms with Crippen LogP contribution >= 0.6 is 23.4 Å². The van der Waals surface area contributed by atoms with Gasteiger partial charge < -0.3 is 10.4 Å². The van der Waals surface area contributed by atoms with Crippen LogP contribution in [0.25, 0.3) is 0 Å². The molecule has 0 aliphatic heterocycles. The highest BCUT2D eigenvalue weighted by atomic mass is 35.5. The normalized spacial score (nSPS) is 14.1. The molecule has 1 aromatic heterocycles. The summed E-state index contributed by atoms with van der Waals surface area (Å²) in [5, 5.41) is 12.4. The molecule has 0 saturated heterocycles. The van der Waals surface area contributed by atoms with Crippen molar-refractivity contribution >= 4 is 29.3 Å². The van der Waals surface area contributed by atoms with Crippen LogP contribution in [0.3, 0.4) is 0 Å². The van der Waals surface area contributed by atoms with Crippen LogP contribution in [0.1, 0.15) is 17.4 Å². The number of aromatic nitrogens is 1. The highest BCUT2D eigenvalue weighted by molar-refractivity contribution is 7.99. The maximum atomic E-state index is 11.8. The van der Waals surface area contributed by atoms with E-state index in [-0.39, 0.29) is 23.8 Å². The van der Waals surface area contributed by atoms with Gasteiger partial charge in [0.2, 0.25) is 0 Å². The third-order valence-corrected chi connectivity index (χ3v) is 3.75. The van der Waals surface area contributed by atoms with E-state index in [1.54, 1.807) is 12.1 Å². The van der Waals surface area contributed by atoms with E-state index in [2.05, 4.69) is 10.3 Å². The van der Waals surface area contributed by atoms with Crippen molar-refractivity contribution in [2.45, 2.75) is 18.2 Å². The molecule has 1 amide bonds. The minimum absolute atomic E-state index is 0.0220. The molecule has 2 unspecified atom stereocenters. The standard InChI is InChI=1S/C11H15ClN2O2S/c1-7(10(6-15)17-2)14-11(16)9-4-3-8(12)5-13-9/h3-5,7,10,15H,6H2,1-2H3,(H,14,16). The fraction of sp³-hybridized carbons (Fsp3) is 0.455. The van der Waals surface area contributed by atoms with Gasteiger partial charge in [0.25, 0.3) is 5.91 Å². The van der Waals surface area contributed by atoms with Gasteiger partial charge in [-0.15, -0.1) is 0 Å². The molecule has 0 aliphatic rings. The molecule has 1 rings (SSSR count). The van der Waals surface area contributed by atoms with Crippen LogP contribution in [0.4, 0.5) is 0 Å². The lowest BCUT2D eigenvalue weighted by Gasteiger charge is -2.20. The second kappa shape index (κ2) is 6.83. The molecule has 0 fully saturated rings. The van der Waals surface area contributed by atoms with Gasteiger partial charge in [-0.1, -0.05) is 11.6 Å². The molecule has 2 atom stereocenters. The first-order chi connectivity index (χ1) is 8.08. The van der Waals surface area contributed by atoms with Crippen molar-refractivity contribution in [2.75, 3.05) is 12.9 Å². The largest absolute Gasteiger partial charge is 0.395 e. The summed E-state index contributed by atoms with van der Waals surface area (Å²) >= 11 is 7.20. The number of aliphatic hydroxyl groups excluding tert-OH is 1. The van der Waals surface area contributed by atoms with Crippen LogP contribution < -0.4 is 5.32 Å². The third-order valence-electron chi connectivity index (χ3n) is 2.36. The summed E-state index contributed by atoms with van der Waals surface area (Å²) < 4.78 is 0. The molecule has 17 heavy (non-hydrogen) atoms. The molecule has 6 heteroatoms. The van der Waals surface area contributed by atoms with Crippen LogP contribution in [-0.4, -0.2) is 40.2 Å². The molecule has 0 spiro atoms. The van der Waals surface area contributed by atoms with Gasteiger partial charge in [0.15, 0.2) is 0 Å². The zero-order chi connectivity index (χ0) is 12.8. The monoisotopic (exact) mass is 274 g/mol. The molecule has 0 bridgehead atoms. The Morgan fingerprint density at radius 1 is 1.65 bits per heavy atom. The van der Waals surface area contributed by atoms with Crippen molar-refractivity contribution in [3.63, 3.8) is 0 Å². The van der Waals surface area contributed by atoms with Crippen LogP contribution in [0.5, 0.6) is 0 Å². The predicted octanol–water partition coefficient (Wildman–Crippen LogP) is 1.58. The summed E-state index contributed by atoms with van der Waals surface area (Å²) in [5.74, 6) is -0.262. The molecule has 94 valence electrons. The first-order valence-electron chi connectivity index (χ1n) is 5.14. The Hall–Kier alpha value is -0.780. The van der Waals surface area contributed by atoms with E-state index < -0.39 is 0 Å². The van der Waals surface area contributed by atoms with E-state index in [1.165, 1.54) is 18.0 Å². The van der Waals surface area contributed by atoms with Crippen LogP contribution in [0.15, 0.2) is 18.3 Å². The number of halogens is 1. The summed E-state index contributed by atoms with van der Waals surface area (Å²) in [6.45, 7) is 1.88. The lowest BCUT2D eigenvalue weighted by atomic mass is 10.2. The number of carbonyl (C=O) groups is 1. The number of thioether (sulfide) groups is 1. The number of pyridine rings is 1. The number of aliphatic hydroxyl groups is 1. The number of amides is 1. The summed E-state index contributed by atoms with van der Waals surface area (Å²) in [7, 11) is 0. The van der Waals surface area contributed by atoms with Gasteiger partial charge in [-0.2, -0.15) is 11.8 Å². The van der Waals surface area contributed by atoms with E-state index in [0.29, 0.717) is 10.7 Å². The van der Waals surface area contributed by atoms with Crippen LogP contribution in [-0.2, 0) is 0 Å². The average Bonchev–Trinajstić information content (AvgIpc) is 2.31. The first kappa shape index (κ1) is 14.3. The van der Waals surface area contributed by atoms with E-state index >= 15 is 0 Å². The van der Waals surface area contributed by atoms with Gasteiger partial charge in [0.05, 0.1) is 11.6 Å². The van der Waals surface area contributed by atoms with Crippen LogP contribution in [0.2, 0.25) is 5.02 Å². The predicted molar refractivity (Wildman–Crippen MR) is 70.6 cm³/mol. The lowest BCUT2D eigenvalue weighted by molar-refractivity contribution is 0.0931. The highest BCUT2D eigenvalue weighted by Gasteiger charge is 2.18. The highest BCUT2D eigenvalue weighted by Crippen LogP contribution is 2.11. The van der Waals surface area contributed by atoms with Gasteiger partial charge >= 0.3 is 0 Å². The summed E-state index contributed by atoms with van der Waals surface area (Å²) in [6.07, 6.45) is 3.32. The van der Waals surface area contributed by atoms with Crippen LogP contribution in [0, 0.1) is 0 Å². The molecule has 0 saturated carbocycles. The fourth-order valence-electron chi connectivity index (χ4n) is 1.32. The Labute approximate surface area is 110 Å². The second-order valence-corrected chi connectivity index (χ2v) is 5.09. The molecule has 1 aromatic rings. The van der Waals surface area contributed by atoms with E-state index in [4.69, 9.17) is 16.7 Å². The Morgan fingerprint density at radius 2 is 2.35 bits per heavy atom. The topological polar surface area (TPSA) is 62.2 Å². The average molecular weight is 275 g/mol. The van der Waals surface area contributed by atoms with Crippen molar-refractivity contribution in [3.05, 3.63) is 29.0 Å². The third kappa shape index (κ3) is 4.18. The maximum Gasteiger partial charge on any atom is 0.270 e. The Balaban J connectivity index is 2.62. The maximum absolute atomic E-state index is 11.8. The van der Waals surface area contributed by atoms with Crippen molar-refractivity contribution in [3.8, 4) is 0 Å². The lowest BCUT2D eigenvalue weighted by Crippen LogP contribution is -2.41.